The molecule has 0 aromatic heterocycles. The lowest BCUT2D eigenvalue weighted by molar-refractivity contribution is -0.384. The quantitative estimate of drug-likeness (QED) is 0.420. The molecule has 0 atom stereocenters. The van der Waals surface area contributed by atoms with Gasteiger partial charge in [0.05, 0.1) is 4.92 Å². The number of carbonyl (C=O) groups is 1. The number of aryl methyl sites for hydroxylation is 1. The molecule has 0 heterocycles. The minimum absolute atomic E-state index is 0.123. The van der Waals surface area contributed by atoms with Crippen LogP contribution in [0.25, 0.3) is 0 Å². The smallest absolute Gasteiger partial charge is 0.303 e. The van der Waals surface area contributed by atoms with Gasteiger partial charge < -0.3 is 5.11 Å². The third kappa shape index (κ3) is 6.55. The molecule has 0 aliphatic rings. The maximum Gasteiger partial charge on any atom is 0.303 e. The summed E-state index contributed by atoms with van der Waals surface area (Å²) in [4.78, 5) is 20.4. The lowest BCUT2D eigenvalue weighted by Crippen LogP contribution is -1.93. The van der Waals surface area contributed by atoms with Gasteiger partial charge in [-0.25, -0.2) is 0 Å². The summed E-state index contributed by atoms with van der Waals surface area (Å²) in [6, 6.07) is 6.65. The van der Waals surface area contributed by atoms with Crippen LogP contribution in [0.2, 0.25) is 0 Å². The Bertz CT molecular complexity index is 414. The van der Waals surface area contributed by atoms with E-state index in [-0.39, 0.29) is 12.1 Å². The Labute approximate surface area is 112 Å². The molecule has 0 aliphatic heterocycles. The van der Waals surface area contributed by atoms with Crippen molar-refractivity contribution in [1.82, 2.24) is 0 Å². The summed E-state index contributed by atoms with van der Waals surface area (Å²) in [6.45, 7) is 0. The molecule has 1 N–H and O–H groups in total. The second-order valence-electron chi connectivity index (χ2n) is 4.59. The van der Waals surface area contributed by atoms with E-state index >= 15 is 0 Å². The van der Waals surface area contributed by atoms with Crippen molar-refractivity contribution < 1.29 is 14.8 Å². The van der Waals surface area contributed by atoms with E-state index in [1.54, 1.807) is 12.1 Å². The zero-order valence-electron chi connectivity index (χ0n) is 10.9. The Hall–Kier alpha value is -1.91. The van der Waals surface area contributed by atoms with E-state index in [1.807, 2.05) is 0 Å². The Morgan fingerprint density at radius 3 is 2.21 bits per heavy atom. The number of carboxylic acid groups (broad SMARTS) is 1. The highest BCUT2D eigenvalue weighted by atomic mass is 16.6. The molecule has 0 amide bonds. The van der Waals surface area contributed by atoms with Gasteiger partial charge in [-0.15, -0.1) is 0 Å². The van der Waals surface area contributed by atoms with Crippen LogP contribution in [-0.2, 0) is 11.2 Å². The normalized spacial score (nSPS) is 10.3. The fourth-order valence-electron chi connectivity index (χ4n) is 1.92. The number of rotatable bonds is 9. The molecule has 1 rings (SSSR count). The zero-order valence-corrected chi connectivity index (χ0v) is 10.9. The molecule has 0 saturated carbocycles. The molecule has 0 aliphatic carbocycles. The number of nitro benzene ring substituents is 1. The van der Waals surface area contributed by atoms with Gasteiger partial charge in [0.15, 0.2) is 0 Å². The van der Waals surface area contributed by atoms with Crippen molar-refractivity contribution in [2.45, 2.75) is 44.9 Å². The first kappa shape index (κ1) is 15.1. The van der Waals surface area contributed by atoms with E-state index in [0.29, 0.717) is 0 Å². The zero-order chi connectivity index (χ0) is 14.1. The molecule has 0 spiro atoms. The third-order valence-corrected chi connectivity index (χ3v) is 3.00. The van der Waals surface area contributed by atoms with Gasteiger partial charge in [0.25, 0.3) is 5.69 Å². The van der Waals surface area contributed by atoms with E-state index in [9.17, 15) is 14.9 Å². The van der Waals surface area contributed by atoms with Gasteiger partial charge in [0.1, 0.15) is 0 Å². The van der Waals surface area contributed by atoms with Gasteiger partial charge >= 0.3 is 5.97 Å². The molecule has 1 aromatic carbocycles. The second-order valence-corrected chi connectivity index (χ2v) is 4.59. The number of nitrogens with zero attached hydrogens (tertiary/aromatic N) is 1. The summed E-state index contributed by atoms with van der Waals surface area (Å²) >= 11 is 0. The summed E-state index contributed by atoms with van der Waals surface area (Å²) in [5.74, 6) is -0.731. The van der Waals surface area contributed by atoms with E-state index < -0.39 is 10.9 Å². The Morgan fingerprint density at radius 2 is 1.63 bits per heavy atom. The average Bonchev–Trinajstić information content (AvgIpc) is 2.38. The van der Waals surface area contributed by atoms with Crippen molar-refractivity contribution >= 4 is 11.7 Å². The van der Waals surface area contributed by atoms with Crippen molar-refractivity contribution in [3.63, 3.8) is 0 Å². The summed E-state index contributed by atoms with van der Waals surface area (Å²) < 4.78 is 0. The topological polar surface area (TPSA) is 80.4 Å². The van der Waals surface area contributed by atoms with Crippen LogP contribution in [0.5, 0.6) is 0 Å². The molecule has 19 heavy (non-hydrogen) atoms. The minimum Gasteiger partial charge on any atom is -0.481 e. The van der Waals surface area contributed by atoms with Crippen LogP contribution >= 0.6 is 0 Å². The van der Waals surface area contributed by atoms with E-state index in [2.05, 4.69) is 0 Å². The van der Waals surface area contributed by atoms with E-state index in [0.717, 1.165) is 44.1 Å². The Balaban J connectivity index is 2.12. The Morgan fingerprint density at radius 1 is 1.05 bits per heavy atom. The number of carboxylic acids is 1. The van der Waals surface area contributed by atoms with E-state index in [1.165, 1.54) is 12.1 Å². The third-order valence-electron chi connectivity index (χ3n) is 3.00. The standard InChI is InChI=1S/C14H19NO4/c16-14(17)7-5-3-1-2-4-6-12-8-10-13(11-9-12)15(18)19/h8-11H,1-7H2,(H,16,17). The SMILES string of the molecule is O=C(O)CCCCCCCc1ccc([N+](=O)[O-])cc1. The summed E-state index contributed by atoms with van der Waals surface area (Å²) in [6.07, 6.45) is 6.00. The van der Waals surface area contributed by atoms with Crippen molar-refractivity contribution in [2.24, 2.45) is 0 Å². The number of unbranched alkanes of at least 4 members (excludes halogenated alkanes) is 4. The molecular weight excluding hydrogens is 246 g/mol. The average molecular weight is 265 g/mol. The fourth-order valence-corrected chi connectivity index (χ4v) is 1.92. The molecule has 0 radical (unpaired) electrons. The van der Waals surface area contributed by atoms with Crippen molar-refractivity contribution in [2.75, 3.05) is 0 Å². The maximum atomic E-state index is 10.5. The second kappa shape index (κ2) is 8.24. The van der Waals surface area contributed by atoms with Gasteiger partial charge in [-0.2, -0.15) is 0 Å². The highest BCUT2D eigenvalue weighted by molar-refractivity contribution is 5.66. The predicted molar refractivity (Wildman–Crippen MR) is 72.1 cm³/mol. The van der Waals surface area contributed by atoms with Crippen molar-refractivity contribution in [3.05, 3.63) is 39.9 Å². The number of hydrogen-bond acceptors (Lipinski definition) is 3. The largest absolute Gasteiger partial charge is 0.481 e. The van der Waals surface area contributed by atoms with Crippen LogP contribution in [0.15, 0.2) is 24.3 Å². The lowest BCUT2D eigenvalue weighted by atomic mass is 10.0. The number of hydrogen-bond donors (Lipinski definition) is 1. The maximum absolute atomic E-state index is 10.5. The number of non-ortho nitro benzene ring substituents is 1. The van der Waals surface area contributed by atoms with Crippen LogP contribution in [0.3, 0.4) is 0 Å². The summed E-state index contributed by atoms with van der Waals surface area (Å²) in [5, 5.41) is 19.0. The van der Waals surface area contributed by atoms with Crippen molar-refractivity contribution in [1.29, 1.82) is 0 Å². The van der Waals surface area contributed by atoms with Gasteiger partial charge in [0, 0.05) is 18.6 Å². The number of aliphatic carboxylic acids is 1. The summed E-state index contributed by atoms with van der Waals surface area (Å²) in [7, 11) is 0. The first-order chi connectivity index (χ1) is 9.09. The first-order valence-corrected chi connectivity index (χ1v) is 6.54. The van der Waals surface area contributed by atoms with Crippen LogP contribution in [0.4, 0.5) is 5.69 Å². The molecule has 0 bridgehead atoms. The first-order valence-electron chi connectivity index (χ1n) is 6.54. The monoisotopic (exact) mass is 265 g/mol. The lowest BCUT2D eigenvalue weighted by Gasteiger charge is -2.02. The highest BCUT2D eigenvalue weighted by Gasteiger charge is 2.03. The number of nitro groups is 1. The van der Waals surface area contributed by atoms with Crippen molar-refractivity contribution in [3.8, 4) is 0 Å². The summed E-state index contributed by atoms with van der Waals surface area (Å²) in [5.41, 5.74) is 1.23. The predicted octanol–water partition coefficient (Wildman–Crippen LogP) is 3.56. The van der Waals surface area contributed by atoms with Gasteiger partial charge in [0.2, 0.25) is 0 Å². The Kier molecular flexibility index (Phi) is 6.57. The van der Waals surface area contributed by atoms with Crippen LogP contribution in [-0.4, -0.2) is 16.0 Å². The molecule has 1 aromatic rings. The highest BCUT2D eigenvalue weighted by Crippen LogP contribution is 2.14. The molecule has 0 unspecified atom stereocenters. The molecule has 0 saturated heterocycles. The minimum atomic E-state index is -0.731. The molecular formula is C14H19NO4. The van der Waals surface area contributed by atoms with Gasteiger partial charge in [-0.05, 0) is 24.8 Å². The molecule has 5 nitrogen and oxygen atoms in total. The van der Waals surface area contributed by atoms with Crippen LogP contribution in [0.1, 0.15) is 44.1 Å². The van der Waals surface area contributed by atoms with Crippen LogP contribution < -0.4 is 0 Å². The molecule has 0 fully saturated rings. The molecule has 104 valence electrons. The van der Waals surface area contributed by atoms with Crippen LogP contribution in [0, 0.1) is 10.1 Å². The fraction of sp³-hybridized carbons (Fsp3) is 0.500. The molecule has 5 heteroatoms. The van der Waals surface area contributed by atoms with Gasteiger partial charge in [-0.3, -0.25) is 14.9 Å². The number of benzene rings is 1. The van der Waals surface area contributed by atoms with E-state index in [4.69, 9.17) is 5.11 Å². The van der Waals surface area contributed by atoms with Gasteiger partial charge in [-0.1, -0.05) is 31.4 Å².